The zero-order valence-electron chi connectivity index (χ0n) is 20.7. The van der Waals surface area contributed by atoms with Crippen molar-refractivity contribution in [2.45, 2.75) is 84.0 Å². The highest BCUT2D eigenvalue weighted by molar-refractivity contribution is 5.97. The summed E-state index contributed by atoms with van der Waals surface area (Å²) in [6.45, 7) is 5.00. The van der Waals surface area contributed by atoms with Crippen LogP contribution in [0.15, 0.2) is 36.0 Å². The number of hydrogen-bond donors (Lipinski definition) is 5. The molecular formula is C26H39NO8. The first-order valence-corrected chi connectivity index (χ1v) is 12.1. The van der Waals surface area contributed by atoms with E-state index in [9.17, 15) is 34.5 Å². The largest absolute Gasteiger partial charge is 0.478 e. The average Bonchev–Trinajstić information content (AvgIpc) is 2.78. The highest BCUT2D eigenvalue weighted by Crippen LogP contribution is 2.23. The molecule has 35 heavy (non-hydrogen) atoms. The first-order valence-electron chi connectivity index (χ1n) is 12.1. The van der Waals surface area contributed by atoms with Gasteiger partial charge in [-0.3, -0.25) is 19.7 Å². The van der Waals surface area contributed by atoms with Gasteiger partial charge in [0.15, 0.2) is 0 Å². The van der Waals surface area contributed by atoms with E-state index in [0.717, 1.165) is 6.08 Å². The molecule has 1 aliphatic rings. The second-order valence-corrected chi connectivity index (χ2v) is 9.33. The molecule has 0 bridgehead atoms. The summed E-state index contributed by atoms with van der Waals surface area (Å²) in [5.74, 6) is -2.92. The third kappa shape index (κ3) is 11.6. The molecule has 5 N–H and O–H groups in total. The van der Waals surface area contributed by atoms with Crippen LogP contribution in [0, 0.1) is 17.8 Å². The van der Waals surface area contributed by atoms with E-state index in [1.807, 2.05) is 0 Å². The fourth-order valence-electron chi connectivity index (χ4n) is 4.07. The number of amides is 2. The van der Waals surface area contributed by atoms with Crippen LogP contribution < -0.4 is 5.32 Å². The Morgan fingerprint density at radius 1 is 1.06 bits per heavy atom. The van der Waals surface area contributed by atoms with E-state index in [-0.39, 0.29) is 42.8 Å². The van der Waals surface area contributed by atoms with E-state index < -0.39 is 36.1 Å². The van der Waals surface area contributed by atoms with Crippen LogP contribution in [0.3, 0.4) is 0 Å². The van der Waals surface area contributed by atoms with Crippen LogP contribution >= 0.6 is 0 Å². The van der Waals surface area contributed by atoms with E-state index in [1.54, 1.807) is 32.9 Å². The van der Waals surface area contributed by atoms with Crippen molar-refractivity contribution < 1.29 is 39.6 Å². The number of nitrogens with one attached hydrogen (secondary N) is 1. The van der Waals surface area contributed by atoms with Crippen molar-refractivity contribution >= 4 is 23.6 Å². The van der Waals surface area contributed by atoms with Gasteiger partial charge in [0.1, 0.15) is 5.78 Å². The zero-order valence-corrected chi connectivity index (χ0v) is 20.7. The van der Waals surface area contributed by atoms with E-state index in [1.165, 1.54) is 12.2 Å². The summed E-state index contributed by atoms with van der Waals surface area (Å²) in [6, 6.07) is 0. The average molecular weight is 494 g/mol. The Hall–Kier alpha value is -2.62. The number of ketones is 1. The number of unbranched alkanes of at least 4 members (excludes halogenated alkanes) is 1. The predicted molar refractivity (Wildman–Crippen MR) is 130 cm³/mol. The van der Waals surface area contributed by atoms with Gasteiger partial charge in [-0.1, -0.05) is 38.2 Å². The first kappa shape index (κ1) is 30.4. The van der Waals surface area contributed by atoms with E-state index in [2.05, 4.69) is 5.32 Å². The molecule has 0 saturated carbocycles. The fourth-order valence-corrected chi connectivity index (χ4v) is 4.07. The molecule has 0 aromatic carbocycles. The van der Waals surface area contributed by atoms with Crippen molar-refractivity contribution in [2.75, 3.05) is 0 Å². The number of aliphatic hydroxyl groups is 3. The van der Waals surface area contributed by atoms with Gasteiger partial charge in [0.25, 0.3) is 0 Å². The molecule has 0 aromatic rings. The Kier molecular flexibility index (Phi) is 13.4. The van der Waals surface area contributed by atoms with Gasteiger partial charge >= 0.3 is 5.97 Å². The number of hydrogen-bond acceptors (Lipinski definition) is 7. The summed E-state index contributed by atoms with van der Waals surface area (Å²) >= 11 is 0. The van der Waals surface area contributed by atoms with E-state index in [0.29, 0.717) is 31.3 Å². The topological polar surface area (TPSA) is 161 Å². The normalized spacial score (nSPS) is 20.0. The monoisotopic (exact) mass is 493 g/mol. The number of aliphatic carboxylic acids is 1. The third-order valence-electron chi connectivity index (χ3n) is 6.22. The molecule has 1 rings (SSSR count). The number of allylic oxidation sites excluding steroid dienone is 2. The maximum Gasteiger partial charge on any atom is 0.327 e. The number of carboxylic acid groups (broad SMARTS) is 1. The maximum absolute atomic E-state index is 12.5. The summed E-state index contributed by atoms with van der Waals surface area (Å²) in [7, 11) is 0. The summed E-state index contributed by atoms with van der Waals surface area (Å²) in [6.07, 6.45) is 6.93. The Morgan fingerprint density at radius 3 is 2.26 bits per heavy atom. The number of carboxylic acids is 1. The minimum atomic E-state index is -1.14. The summed E-state index contributed by atoms with van der Waals surface area (Å²) < 4.78 is 0. The minimum Gasteiger partial charge on any atom is -0.478 e. The predicted octanol–water partition coefficient (Wildman–Crippen LogP) is 2.06. The highest BCUT2D eigenvalue weighted by atomic mass is 16.4. The lowest BCUT2D eigenvalue weighted by Crippen LogP contribution is -2.38. The molecule has 9 heteroatoms. The Morgan fingerprint density at radius 2 is 1.66 bits per heavy atom. The van der Waals surface area contributed by atoms with Gasteiger partial charge in [0, 0.05) is 37.2 Å². The molecule has 0 aliphatic carbocycles. The number of Topliss-reactive ketones (excluding diaryl/α,β-unsaturated/α-hetero) is 1. The third-order valence-corrected chi connectivity index (χ3v) is 6.22. The molecule has 1 fully saturated rings. The molecular weight excluding hydrogens is 454 g/mol. The van der Waals surface area contributed by atoms with Gasteiger partial charge in [-0.05, 0) is 44.1 Å². The number of carbonyl (C=O) groups excluding carboxylic acids is 3. The fraction of sp³-hybridized carbons (Fsp3) is 0.615. The van der Waals surface area contributed by atoms with Crippen LogP contribution in [-0.4, -0.2) is 62.3 Å². The molecule has 0 unspecified atom stereocenters. The van der Waals surface area contributed by atoms with Gasteiger partial charge in [-0.25, -0.2) is 4.79 Å². The molecule has 9 nitrogen and oxygen atoms in total. The van der Waals surface area contributed by atoms with Gasteiger partial charge in [-0.15, -0.1) is 0 Å². The minimum absolute atomic E-state index is 0.0602. The Balaban J connectivity index is 2.50. The van der Waals surface area contributed by atoms with Crippen molar-refractivity contribution in [1.29, 1.82) is 0 Å². The molecule has 1 saturated heterocycles. The van der Waals surface area contributed by atoms with Crippen molar-refractivity contribution in [3.05, 3.63) is 36.0 Å². The molecule has 196 valence electrons. The number of carbonyl (C=O) groups is 4. The molecule has 0 spiro atoms. The van der Waals surface area contributed by atoms with Crippen LogP contribution in [0.1, 0.15) is 65.7 Å². The van der Waals surface area contributed by atoms with Gasteiger partial charge in [-0.2, -0.15) is 0 Å². The van der Waals surface area contributed by atoms with Crippen molar-refractivity contribution in [1.82, 2.24) is 5.32 Å². The second-order valence-electron chi connectivity index (χ2n) is 9.33. The molecule has 0 aromatic heterocycles. The van der Waals surface area contributed by atoms with Crippen molar-refractivity contribution in [2.24, 2.45) is 17.8 Å². The van der Waals surface area contributed by atoms with Crippen LogP contribution in [-0.2, 0) is 19.2 Å². The van der Waals surface area contributed by atoms with Crippen molar-refractivity contribution in [3.8, 4) is 0 Å². The van der Waals surface area contributed by atoms with Crippen molar-refractivity contribution in [3.63, 3.8) is 0 Å². The zero-order chi connectivity index (χ0) is 26.5. The van der Waals surface area contributed by atoms with E-state index >= 15 is 0 Å². The molecule has 1 heterocycles. The quantitative estimate of drug-likeness (QED) is 0.100. The van der Waals surface area contributed by atoms with Gasteiger partial charge in [0.05, 0.1) is 18.3 Å². The highest BCUT2D eigenvalue weighted by Gasteiger charge is 2.27. The van der Waals surface area contributed by atoms with Crippen LogP contribution in [0.25, 0.3) is 0 Å². The number of rotatable bonds is 15. The van der Waals surface area contributed by atoms with Crippen LogP contribution in [0.5, 0.6) is 0 Å². The smallest absolute Gasteiger partial charge is 0.327 e. The van der Waals surface area contributed by atoms with Crippen LogP contribution in [0.4, 0.5) is 0 Å². The summed E-state index contributed by atoms with van der Waals surface area (Å²) in [4.78, 5) is 45.8. The molecule has 2 amide bonds. The standard InChI is InChI=1S/C26H39NO8/c1-16(13-17(2)26(35)21(29)10-6-4-5-7-12-24(32)33)25(34)18(3)20(28)11-8-9-19-14-22(30)27-23(31)15-19/h6-7,10,12-13,17-19,21,25-26,29,34-35H,4-5,8-9,11,14-15H2,1-3H3,(H,32,33)(H,27,30,31)/b10-6+,12-7+,16-13+/t17-,18-,21+,25-,26+/m1/s1. The molecule has 1 aliphatic heterocycles. The van der Waals surface area contributed by atoms with Gasteiger partial charge in [0.2, 0.25) is 11.8 Å². The number of aliphatic hydroxyl groups excluding tert-OH is 3. The SMILES string of the molecule is C/C(=C\[C@@H](C)[C@H](O)[C@@H](O)/C=C/CC/C=C/C(=O)O)[C@@H](O)[C@H](C)C(=O)CCCC1CC(=O)NC(=O)C1. The summed E-state index contributed by atoms with van der Waals surface area (Å²) in [5.41, 5.74) is 0.516. The summed E-state index contributed by atoms with van der Waals surface area (Å²) in [5, 5.41) is 42.0. The second kappa shape index (κ2) is 15.4. The van der Waals surface area contributed by atoms with Crippen LogP contribution in [0.2, 0.25) is 0 Å². The lowest BCUT2D eigenvalue weighted by Gasteiger charge is -2.24. The lowest BCUT2D eigenvalue weighted by molar-refractivity contribution is -0.135. The molecule has 0 radical (unpaired) electrons. The lowest BCUT2D eigenvalue weighted by atomic mass is 9.87. The van der Waals surface area contributed by atoms with E-state index in [4.69, 9.17) is 5.11 Å². The number of piperidine rings is 1. The van der Waals surface area contributed by atoms with Gasteiger partial charge < -0.3 is 20.4 Å². The Labute approximate surface area is 206 Å². The number of imide groups is 1. The first-order chi connectivity index (χ1) is 16.4. The Bertz CT molecular complexity index is 815. The maximum atomic E-state index is 12.5. The molecule has 5 atom stereocenters.